The minimum absolute atomic E-state index is 0.240. The number of nitrogens with one attached hydrogen (secondary N) is 1. The van der Waals surface area contributed by atoms with E-state index in [2.05, 4.69) is 10.6 Å². The zero-order valence-corrected chi connectivity index (χ0v) is 8.15. The molecule has 0 aromatic heterocycles. The summed E-state index contributed by atoms with van der Waals surface area (Å²) < 4.78 is 5.54. The molecule has 1 radical (unpaired) electrons. The zero-order valence-electron chi connectivity index (χ0n) is 8.15. The minimum Gasteiger partial charge on any atom is -0.374 e. The number of hydrogen-bond acceptors (Lipinski definition) is 2. The topological polar surface area (TPSA) is 35.4 Å². The van der Waals surface area contributed by atoms with Gasteiger partial charge in [-0.3, -0.25) is 5.32 Å². The fraction of sp³-hybridized carbons (Fsp3) is 0.455. The maximum Gasteiger partial charge on any atom is 0.0895 e. The smallest absolute Gasteiger partial charge is 0.0895 e. The number of nitrogens with zero attached hydrogens (tertiary/aromatic N) is 1. The molecule has 0 spiro atoms. The number of rotatable bonds is 3. The summed E-state index contributed by atoms with van der Waals surface area (Å²) in [4.78, 5) is 0. The van der Waals surface area contributed by atoms with Gasteiger partial charge in [-0.15, -0.1) is 0 Å². The van der Waals surface area contributed by atoms with Gasteiger partial charge in [-0.1, -0.05) is 18.2 Å². The van der Waals surface area contributed by atoms with E-state index in [-0.39, 0.29) is 6.10 Å². The van der Waals surface area contributed by atoms with Gasteiger partial charge in [-0.2, -0.15) is 0 Å². The summed E-state index contributed by atoms with van der Waals surface area (Å²) in [5.74, 6) is 0. The van der Waals surface area contributed by atoms with Gasteiger partial charge in [-0.05, 0) is 12.1 Å². The molecule has 1 fully saturated rings. The van der Waals surface area contributed by atoms with Crippen molar-refractivity contribution >= 4 is 5.69 Å². The average molecular weight is 191 g/mol. The number of benzene rings is 1. The summed E-state index contributed by atoms with van der Waals surface area (Å²) in [6, 6.07) is 10.0. The quantitative estimate of drug-likeness (QED) is 0.770. The minimum atomic E-state index is 0.240. The summed E-state index contributed by atoms with van der Waals surface area (Å²) in [6.07, 6.45) is 0.240. The predicted molar refractivity (Wildman–Crippen MR) is 55.7 cm³/mol. The van der Waals surface area contributed by atoms with Crippen molar-refractivity contribution in [3.63, 3.8) is 0 Å². The van der Waals surface area contributed by atoms with Crippen LogP contribution >= 0.6 is 0 Å². The number of ether oxygens (including phenoxy) is 1. The second-order valence-electron chi connectivity index (χ2n) is 3.37. The summed E-state index contributed by atoms with van der Waals surface area (Å²) in [5, 5.41) is 7.75. The van der Waals surface area contributed by atoms with Crippen molar-refractivity contribution in [1.29, 1.82) is 0 Å². The van der Waals surface area contributed by atoms with Crippen LogP contribution < -0.4 is 10.6 Å². The molecule has 1 aliphatic heterocycles. The van der Waals surface area contributed by atoms with E-state index in [1.54, 1.807) is 0 Å². The Balaban J connectivity index is 1.76. The summed E-state index contributed by atoms with van der Waals surface area (Å²) in [7, 11) is 0. The fourth-order valence-corrected chi connectivity index (χ4v) is 1.48. The van der Waals surface area contributed by atoms with Gasteiger partial charge in [0.25, 0.3) is 0 Å². The molecule has 3 heteroatoms. The Morgan fingerprint density at radius 3 is 2.93 bits per heavy atom. The molecule has 0 bridgehead atoms. The first-order valence-electron chi connectivity index (χ1n) is 5.00. The Hall–Kier alpha value is -1.06. The van der Waals surface area contributed by atoms with Crippen molar-refractivity contribution in [2.75, 3.05) is 26.2 Å². The highest BCUT2D eigenvalue weighted by Gasteiger charge is 2.13. The van der Waals surface area contributed by atoms with E-state index < -0.39 is 0 Å². The Kier molecular flexibility index (Phi) is 3.38. The van der Waals surface area contributed by atoms with Crippen LogP contribution in [0.1, 0.15) is 0 Å². The predicted octanol–water partition coefficient (Wildman–Crippen LogP) is 0.911. The van der Waals surface area contributed by atoms with Crippen molar-refractivity contribution < 1.29 is 4.74 Å². The molecule has 0 amide bonds. The number of para-hydroxylation sites is 1. The molecule has 1 aliphatic rings. The lowest BCUT2D eigenvalue weighted by Gasteiger charge is -2.23. The van der Waals surface area contributed by atoms with Crippen molar-refractivity contribution in [2.45, 2.75) is 6.10 Å². The highest BCUT2D eigenvalue weighted by Crippen LogP contribution is 2.06. The Bertz CT molecular complexity index is 257. The van der Waals surface area contributed by atoms with Crippen LogP contribution in [0.4, 0.5) is 5.69 Å². The summed E-state index contributed by atoms with van der Waals surface area (Å²) in [6.45, 7) is 3.42. The molecule has 1 aromatic rings. The van der Waals surface area contributed by atoms with Gasteiger partial charge < -0.3 is 10.1 Å². The van der Waals surface area contributed by atoms with E-state index in [1.165, 1.54) is 0 Å². The molecule has 1 N–H and O–H groups in total. The van der Waals surface area contributed by atoms with Crippen LogP contribution in [-0.4, -0.2) is 32.3 Å². The maximum atomic E-state index is 5.54. The summed E-state index contributed by atoms with van der Waals surface area (Å²) >= 11 is 0. The van der Waals surface area contributed by atoms with Crippen molar-refractivity contribution in [3.8, 4) is 0 Å². The molecule has 1 unspecified atom stereocenters. The third kappa shape index (κ3) is 2.72. The average Bonchev–Trinajstić information content (AvgIpc) is 2.29. The normalized spacial score (nSPS) is 21.9. The maximum absolute atomic E-state index is 5.54. The molecular weight excluding hydrogens is 176 g/mol. The lowest BCUT2D eigenvalue weighted by Crippen LogP contribution is -2.41. The van der Waals surface area contributed by atoms with Crippen LogP contribution in [0.25, 0.3) is 0 Å². The third-order valence-electron chi connectivity index (χ3n) is 2.24. The lowest BCUT2D eigenvalue weighted by atomic mass is 10.2. The first-order chi connectivity index (χ1) is 6.95. The van der Waals surface area contributed by atoms with E-state index in [0.717, 1.165) is 31.9 Å². The van der Waals surface area contributed by atoms with Crippen LogP contribution in [0.5, 0.6) is 0 Å². The SMILES string of the molecule is c1ccc([N]CC2CNCCO2)cc1. The van der Waals surface area contributed by atoms with Gasteiger partial charge in [0.05, 0.1) is 24.9 Å². The third-order valence-corrected chi connectivity index (χ3v) is 2.24. The molecule has 1 saturated heterocycles. The van der Waals surface area contributed by atoms with Gasteiger partial charge in [0.2, 0.25) is 0 Å². The van der Waals surface area contributed by atoms with Crippen molar-refractivity contribution in [3.05, 3.63) is 30.3 Å². The molecule has 0 aliphatic carbocycles. The highest BCUT2D eigenvalue weighted by molar-refractivity contribution is 5.34. The molecule has 0 saturated carbocycles. The molecular formula is C11H15N2O. The second kappa shape index (κ2) is 4.98. The molecule has 1 atom stereocenters. The first-order valence-corrected chi connectivity index (χ1v) is 5.00. The second-order valence-corrected chi connectivity index (χ2v) is 3.37. The lowest BCUT2D eigenvalue weighted by molar-refractivity contribution is 0.0310. The monoisotopic (exact) mass is 191 g/mol. The molecule has 3 nitrogen and oxygen atoms in total. The van der Waals surface area contributed by atoms with E-state index in [4.69, 9.17) is 4.74 Å². The van der Waals surface area contributed by atoms with Gasteiger partial charge in [0.1, 0.15) is 0 Å². The van der Waals surface area contributed by atoms with Crippen LogP contribution in [0, 0.1) is 0 Å². The van der Waals surface area contributed by atoms with Crippen LogP contribution in [0.2, 0.25) is 0 Å². The molecule has 14 heavy (non-hydrogen) atoms. The van der Waals surface area contributed by atoms with Crippen LogP contribution in [0.3, 0.4) is 0 Å². The van der Waals surface area contributed by atoms with Gasteiger partial charge >= 0.3 is 0 Å². The Labute approximate surface area is 84.5 Å². The van der Waals surface area contributed by atoms with Gasteiger partial charge in [-0.25, -0.2) is 0 Å². The Morgan fingerprint density at radius 1 is 1.36 bits per heavy atom. The largest absolute Gasteiger partial charge is 0.374 e. The van der Waals surface area contributed by atoms with E-state index >= 15 is 0 Å². The molecule has 1 aromatic carbocycles. The van der Waals surface area contributed by atoms with Gasteiger partial charge in [0.15, 0.2) is 0 Å². The first kappa shape index (κ1) is 9.49. The van der Waals surface area contributed by atoms with E-state index in [1.807, 2.05) is 30.3 Å². The standard InChI is InChI=1S/C11H15N2O/c1-2-4-10(5-3-1)13-9-11-8-12-6-7-14-11/h1-5,11-12H,6-9H2. The number of hydrogen-bond donors (Lipinski definition) is 1. The van der Waals surface area contributed by atoms with Crippen LogP contribution in [0.15, 0.2) is 30.3 Å². The zero-order chi connectivity index (χ0) is 9.64. The van der Waals surface area contributed by atoms with E-state index in [9.17, 15) is 0 Å². The van der Waals surface area contributed by atoms with Gasteiger partial charge in [0, 0.05) is 13.1 Å². The Morgan fingerprint density at radius 2 is 2.21 bits per heavy atom. The van der Waals surface area contributed by atoms with Crippen LogP contribution in [-0.2, 0) is 4.74 Å². The van der Waals surface area contributed by atoms with E-state index in [0.29, 0.717) is 0 Å². The fourth-order valence-electron chi connectivity index (χ4n) is 1.48. The molecule has 2 rings (SSSR count). The molecule has 1 heterocycles. The summed E-state index contributed by atoms with van der Waals surface area (Å²) in [5.41, 5.74) is 1.03. The van der Waals surface area contributed by atoms with Crippen molar-refractivity contribution in [1.82, 2.24) is 10.6 Å². The van der Waals surface area contributed by atoms with Crippen molar-refractivity contribution in [2.24, 2.45) is 0 Å². The number of morpholine rings is 1. The molecule has 75 valence electrons. The highest BCUT2D eigenvalue weighted by atomic mass is 16.5.